The van der Waals surface area contributed by atoms with Gasteiger partial charge in [-0.05, 0) is 17.0 Å². The van der Waals surface area contributed by atoms with Crippen LogP contribution in [0.5, 0.6) is 5.75 Å². The Balaban J connectivity index is 1.88. The van der Waals surface area contributed by atoms with E-state index >= 15 is 0 Å². The minimum Gasteiger partial charge on any atom is -0.491 e. The highest BCUT2D eigenvalue weighted by molar-refractivity contribution is 7.10. The lowest BCUT2D eigenvalue weighted by molar-refractivity contribution is 0.322. The molecule has 1 aromatic heterocycles. The SMILES string of the molecule is N#Cc1sccc1OCCc1ccccc1. The molecular formula is C13H11NOS. The van der Waals surface area contributed by atoms with Gasteiger partial charge in [-0.1, -0.05) is 30.3 Å². The van der Waals surface area contributed by atoms with E-state index in [-0.39, 0.29) is 0 Å². The van der Waals surface area contributed by atoms with Crippen LogP contribution in [0, 0.1) is 11.3 Å². The van der Waals surface area contributed by atoms with E-state index in [1.165, 1.54) is 16.9 Å². The summed E-state index contributed by atoms with van der Waals surface area (Å²) in [4.78, 5) is 0.646. The summed E-state index contributed by atoms with van der Waals surface area (Å²) in [5, 5.41) is 10.7. The summed E-state index contributed by atoms with van der Waals surface area (Å²) >= 11 is 1.41. The fourth-order valence-corrected chi connectivity index (χ4v) is 2.04. The summed E-state index contributed by atoms with van der Waals surface area (Å²) in [5.74, 6) is 0.698. The van der Waals surface area contributed by atoms with Crippen molar-refractivity contribution in [3.8, 4) is 11.8 Å². The molecule has 2 rings (SSSR count). The molecule has 0 bridgehead atoms. The third-order valence-corrected chi connectivity index (χ3v) is 3.02. The number of nitriles is 1. The Labute approximate surface area is 98.7 Å². The van der Waals surface area contributed by atoms with Crippen LogP contribution in [0.2, 0.25) is 0 Å². The molecule has 0 radical (unpaired) electrons. The first-order valence-electron chi connectivity index (χ1n) is 5.04. The smallest absolute Gasteiger partial charge is 0.147 e. The minimum atomic E-state index is 0.607. The summed E-state index contributed by atoms with van der Waals surface area (Å²) in [7, 11) is 0. The van der Waals surface area contributed by atoms with Crippen LogP contribution in [-0.4, -0.2) is 6.61 Å². The van der Waals surface area contributed by atoms with Crippen molar-refractivity contribution in [2.24, 2.45) is 0 Å². The molecule has 0 aliphatic heterocycles. The molecule has 16 heavy (non-hydrogen) atoms. The van der Waals surface area contributed by atoms with Gasteiger partial charge >= 0.3 is 0 Å². The standard InChI is InChI=1S/C13H11NOS/c14-10-13-12(7-9-16-13)15-8-6-11-4-2-1-3-5-11/h1-5,7,9H,6,8H2. The van der Waals surface area contributed by atoms with E-state index < -0.39 is 0 Å². The quantitative estimate of drug-likeness (QED) is 0.806. The summed E-state index contributed by atoms with van der Waals surface area (Å²) in [6, 6.07) is 14.1. The van der Waals surface area contributed by atoms with E-state index in [1.807, 2.05) is 29.6 Å². The van der Waals surface area contributed by atoms with Crippen LogP contribution in [0.25, 0.3) is 0 Å². The predicted molar refractivity (Wildman–Crippen MR) is 64.7 cm³/mol. The van der Waals surface area contributed by atoms with Gasteiger partial charge in [0, 0.05) is 6.42 Å². The topological polar surface area (TPSA) is 33.0 Å². The van der Waals surface area contributed by atoms with Crippen LogP contribution in [0.3, 0.4) is 0 Å². The average molecular weight is 229 g/mol. The maximum absolute atomic E-state index is 8.80. The molecule has 2 aromatic rings. The first-order valence-corrected chi connectivity index (χ1v) is 5.92. The number of hydrogen-bond donors (Lipinski definition) is 0. The number of benzene rings is 1. The largest absolute Gasteiger partial charge is 0.491 e. The van der Waals surface area contributed by atoms with Gasteiger partial charge in [0.2, 0.25) is 0 Å². The van der Waals surface area contributed by atoms with Gasteiger partial charge in [0.25, 0.3) is 0 Å². The molecule has 0 aliphatic rings. The molecule has 0 fully saturated rings. The molecule has 80 valence electrons. The van der Waals surface area contributed by atoms with Crippen LogP contribution in [0.15, 0.2) is 41.8 Å². The number of hydrogen-bond acceptors (Lipinski definition) is 3. The van der Waals surface area contributed by atoms with Gasteiger partial charge in [0.1, 0.15) is 16.7 Å². The van der Waals surface area contributed by atoms with Crippen molar-refractivity contribution in [1.82, 2.24) is 0 Å². The summed E-state index contributed by atoms with van der Waals surface area (Å²) < 4.78 is 5.56. The highest BCUT2D eigenvalue weighted by atomic mass is 32.1. The summed E-state index contributed by atoms with van der Waals surface area (Å²) in [6.45, 7) is 0.607. The Bertz CT molecular complexity index is 484. The Morgan fingerprint density at radius 1 is 1.19 bits per heavy atom. The van der Waals surface area contributed by atoms with E-state index in [2.05, 4.69) is 18.2 Å². The lowest BCUT2D eigenvalue weighted by atomic mass is 10.2. The Kier molecular flexibility index (Phi) is 3.58. The fraction of sp³-hybridized carbons (Fsp3) is 0.154. The van der Waals surface area contributed by atoms with E-state index in [0.29, 0.717) is 17.2 Å². The summed E-state index contributed by atoms with van der Waals surface area (Å²) in [6.07, 6.45) is 0.863. The zero-order valence-corrected chi connectivity index (χ0v) is 9.54. The zero-order valence-electron chi connectivity index (χ0n) is 8.72. The van der Waals surface area contributed by atoms with Crippen LogP contribution >= 0.6 is 11.3 Å². The molecule has 0 N–H and O–H groups in total. The molecule has 0 unspecified atom stereocenters. The van der Waals surface area contributed by atoms with E-state index in [1.54, 1.807) is 0 Å². The van der Waals surface area contributed by atoms with Crippen LogP contribution < -0.4 is 4.74 Å². The van der Waals surface area contributed by atoms with Crippen molar-refractivity contribution >= 4 is 11.3 Å². The molecule has 2 nitrogen and oxygen atoms in total. The van der Waals surface area contributed by atoms with E-state index in [0.717, 1.165) is 6.42 Å². The highest BCUT2D eigenvalue weighted by Crippen LogP contribution is 2.23. The number of ether oxygens (including phenoxy) is 1. The van der Waals surface area contributed by atoms with Gasteiger partial charge in [0.05, 0.1) is 6.61 Å². The van der Waals surface area contributed by atoms with Crippen LogP contribution in [0.1, 0.15) is 10.4 Å². The lowest BCUT2D eigenvalue weighted by Gasteiger charge is -2.04. The monoisotopic (exact) mass is 229 g/mol. The fourth-order valence-electron chi connectivity index (χ4n) is 1.42. The number of thiophene rings is 1. The normalized spacial score (nSPS) is 9.69. The molecule has 0 amide bonds. The molecule has 0 spiro atoms. The van der Waals surface area contributed by atoms with Gasteiger partial charge in [-0.3, -0.25) is 0 Å². The molecule has 0 aliphatic carbocycles. The zero-order chi connectivity index (χ0) is 11.2. The second kappa shape index (κ2) is 5.34. The third-order valence-electron chi connectivity index (χ3n) is 2.22. The van der Waals surface area contributed by atoms with E-state index in [4.69, 9.17) is 10.00 Å². The first-order chi connectivity index (χ1) is 7.90. The summed E-state index contributed by atoms with van der Waals surface area (Å²) in [5.41, 5.74) is 1.25. The van der Waals surface area contributed by atoms with Crippen molar-refractivity contribution in [3.05, 3.63) is 52.2 Å². The second-order valence-electron chi connectivity index (χ2n) is 3.31. The number of rotatable bonds is 4. The van der Waals surface area contributed by atoms with Gasteiger partial charge in [0.15, 0.2) is 0 Å². The van der Waals surface area contributed by atoms with Crippen molar-refractivity contribution in [2.45, 2.75) is 6.42 Å². The molecule has 1 aromatic carbocycles. The van der Waals surface area contributed by atoms with Crippen molar-refractivity contribution in [3.63, 3.8) is 0 Å². The van der Waals surface area contributed by atoms with Gasteiger partial charge in [-0.2, -0.15) is 5.26 Å². The highest BCUT2D eigenvalue weighted by Gasteiger charge is 2.03. The van der Waals surface area contributed by atoms with Crippen LogP contribution in [-0.2, 0) is 6.42 Å². The Morgan fingerprint density at radius 2 is 2.00 bits per heavy atom. The Morgan fingerprint density at radius 3 is 2.75 bits per heavy atom. The third kappa shape index (κ3) is 2.62. The van der Waals surface area contributed by atoms with Crippen molar-refractivity contribution in [1.29, 1.82) is 5.26 Å². The average Bonchev–Trinajstić information content (AvgIpc) is 2.78. The molecule has 0 saturated carbocycles. The molecule has 0 atom stereocenters. The minimum absolute atomic E-state index is 0.607. The van der Waals surface area contributed by atoms with Crippen LogP contribution in [0.4, 0.5) is 0 Å². The van der Waals surface area contributed by atoms with Gasteiger partial charge < -0.3 is 4.74 Å². The van der Waals surface area contributed by atoms with Crippen molar-refractivity contribution < 1.29 is 4.74 Å². The molecule has 0 saturated heterocycles. The maximum atomic E-state index is 8.80. The van der Waals surface area contributed by atoms with Gasteiger partial charge in [-0.15, -0.1) is 11.3 Å². The predicted octanol–water partition coefficient (Wildman–Crippen LogP) is 3.24. The maximum Gasteiger partial charge on any atom is 0.147 e. The molecular weight excluding hydrogens is 218 g/mol. The Hall–Kier alpha value is -1.79. The number of nitrogens with zero attached hydrogens (tertiary/aromatic N) is 1. The van der Waals surface area contributed by atoms with Crippen molar-refractivity contribution in [2.75, 3.05) is 6.61 Å². The molecule has 1 heterocycles. The molecule has 3 heteroatoms. The lowest BCUT2D eigenvalue weighted by Crippen LogP contribution is -2.01. The first kappa shape index (κ1) is 10.7. The van der Waals surface area contributed by atoms with Gasteiger partial charge in [-0.25, -0.2) is 0 Å². The van der Waals surface area contributed by atoms with E-state index in [9.17, 15) is 0 Å². The second-order valence-corrected chi connectivity index (χ2v) is 4.23.